The minimum atomic E-state index is -2.07. The van der Waals surface area contributed by atoms with Crippen LogP contribution >= 0.6 is 0 Å². The van der Waals surface area contributed by atoms with Crippen LogP contribution in [0.25, 0.3) is 0 Å². The van der Waals surface area contributed by atoms with E-state index in [9.17, 15) is 0 Å². The normalized spacial score (nSPS) is 14.1. The Morgan fingerprint density at radius 3 is 1.18 bits per heavy atom. The van der Waals surface area contributed by atoms with E-state index in [1.54, 1.807) is 0 Å². The summed E-state index contributed by atoms with van der Waals surface area (Å²) in [4.78, 5) is 0. The maximum atomic E-state index is 6.14. The predicted molar refractivity (Wildman–Crippen MR) is 77.5 cm³/mol. The SMILES string of the molecule is CCO[Si](CC(C)(C)C)(CC(C)(C)C)OCC. The van der Waals surface area contributed by atoms with Crippen LogP contribution in [0.5, 0.6) is 0 Å². The van der Waals surface area contributed by atoms with Crippen LogP contribution in [0.15, 0.2) is 0 Å². The molecule has 0 saturated heterocycles. The molecule has 0 spiro atoms. The van der Waals surface area contributed by atoms with Crippen LogP contribution in [0.4, 0.5) is 0 Å². The van der Waals surface area contributed by atoms with Gasteiger partial charge >= 0.3 is 8.56 Å². The lowest BCUT2D eigenvalue weighted by Gasteiger charge is -2.39. The summed E-state index contributed by atoms with van der Waals surface area (Å²) in [6, 6.07) is 2.14. The van der Waals surface area contributed by atoms with Gasteiger partial charge in [0.1, 0.15) is 0 Å². The van der Waals surface area contributed by atoms with Crippen molar-refractivity contribution in [2.24, 2.45) is 10.8 Å². The van der Waals surface area contributed by atoms with Crippen LogP contribution in [0.1, 0.15) is 55.4 Å². The molecule has 0 aromatic rings. The maximum Gasteiger partial charge on any atom is 0.339 e. The topological polar surface area (TPSA) is 18.5 Å². The molecule has 104 valence electrons. The van der Waals surface area contributed by atoms with E-state index >= 15 is 0 Å². The standard InChI is InChI=1S/C14H32O2Si/c1-9-15-17(16-10-2,11-13(3,4)5)12-14(6,7)8/h9-12H2,1-8H3. The van der Waals surface area contributed by atoms with E-state index in [0.717, 1.165) is 25.3 Å². The molecule has 0 rings (SSSR count). The third-order valence-electron chi connectivity index (χ3n) is 2.41. The van der Waals surface area contributed by atoms with Crippen LogP contribution in [-0.4, -0.2) is 21.8 Å². The molecule has 0 aliphatic heterocycles. The number of rotatable bonds is 6. The summed E-state index contributed by atoms with van der Waals surface area (Å²) in [6.07, 6.45) is 0. The van der Waals surface area contributed by atoms with Gasteiger partial charge in [-0.25, -0.2) is 0 Å². The lowest BCUT2D eigenvalue weighted by atomic mass is 10.00. The van der Waals surface area contributed by atoms with Crippen molar-refractivity contribution in [3.8, 4) is 0 Å². The highest BCUT2D eigenvalue weighted by atomic mass is 28.4. The molecular weight excluding hydrogens is 228 g/mol. The second kappa shape index (κ2) is 6.35. The van der Waals surface area contributed by atoms with Gasteiger partial charge < -0.3 is 8.85 Å². The second-order valence-electron chi connectivity index (χ2n) is 7.25. The number of hydrogen-bond acceptors (Lipinski definition) is 2. The minimum absolute atomic E-state index is 0.266. The summed E-state index contributed by atoms with van der Waals surface area (Å²) in [5.74, 6) is 0. The molecule has 0 aliphatic carbocycles. The van der Waals surface area contributed by atoms with Crippen molar-refractivity contribution < 1.29 is 8.85 Å². The number of hydrogen-bond donors (Lipinski definition) is 0. The molecule has 0 heterocycles. The van der Waals surface area contributed by atoms with Crippen molar-refractivity contribution in [3.05, 3.63) is 0 Å². The summed E-state index contributed by atoms with van der Waals surface area (Å²) in [6.45, 7) is 19.3. The quantitative estimate of drug-likeness (QED) is 0.650. The van der Waals surface area contributed by atoms with Crippen molar-refractivity contribution in [1.29, 1.82) is 0 Å². The van der Waals surface area contributed by atoms with Crippen LogP contribution in [0, 0.1) is 10.8 Å². The van der Waals surface area contributed by atoms with E-state index in [2.05, 4.69) is 55.4 Å². The van der Waals surface area contributed by atoms with Crippen molar-refractivity contribution in [1.82, 2.24) is 0 Å². The molecule has 0 aromatic heterocycles. The zero-order valence-electron chi connectivity index (χ0n) is 13.1. The molecular formula is C14H32O2Si. The molecule has 2 nitrogen and oxygen atoms in total. The van der Waals surface area contributed by atoms with Gasteiger partial charge in [0, 0.05) is 13.2 Å². The largest absolute Gasteiger partial charge is 0.394 e. The Hall–Kier alpha value is 0.137. The molecule has 3 heteroatoms. The Kier molecular flexibility index (Phi) is 6.40. The summed E-state index contributed by atoms with van der Waals surface area (Å²) in [5, 5.41) is 0. The molecule has 17 heavy (non-hydrogen) atoms. The van der Waals surface area contributed by atoms with Crippen molar-refractivity contribution in [2.75, 3.05) is 13.2 Å². The predicted octanol–water partition coefficient (Wildman–Crippen LogP) is 4.59. The molecule has 0 unspecified atom stereocenters. The van der Waals surface area contributed by atoms with Gasteiger partial charge in [0.05, 0.1) is 0 Å². The van der Waals surface area contributed by atoms with Gasteiger partial charge in [0.25, 0.3) is 0 Å². The Morgan fingerprint density at radius 2 is 1.00 bits per heavy atom. The molecule has 0 atom stereocenters. The van der Waals surface area contributed by atoms with E-state index < -0.39 is 8.56 Å². The molecule has 0 aliphatic rings. The Balaban J connectivity index is 4.97. The monoisotopic (exact) mass is 260 g/mol. The third-order valence-corrected chi connectivity index (χ3v) is 7.24. The molecule has 0 N–H and O–H groups in total. The first-order valence-electron chi connectivity index (χ1n) is 6.81. The zero-order valence-corrected chi connectivity index (χ0v) is 14.1. The molecule has 0 aromatic carbocycles. The second-order valence-corrected chi connectivity index (χ2v) is 10.4. The van der Waals surface area contributed by atoms with Crippen LogP contribution in [0.3, 0.4) is 0 Å². The van der Waals surface area contributed by atoms with Crippen LogP contribution < -0.4 is 0 Å². The molecule has 0 bridgehead atoms. The van der Waals surface area contributed by atoms with Gasteiger partial charge in [-0.3, -0.25) is 0 Å². The zero-order chi connectivity index (χ0) is 13.7. The van der Waals surface area contributed by atoms with Gasteiger partial charge in [0.15, 0.2) is 0 Å². The highest BCUT2D eigenvalue weighted by Gasteiger charge is 2.43. The lowest BCUT2D eigenvalue weighted by Crippen LogP contribution is -2.47. The van der Waals surface area contributed by atoms with E-state index in [-0.39, 0.29) is 10.8 Å². The minimum Gasteiger partial charge on any atom is -0.394 e. The fourth-order valence-corrected chi connectivity index (χ4v) is 7.35. The molecule has 0 amide bonds. The van der Waals surface area contributed by atoms with E-state index in [1.807, 2.05) is 0 Å². The molecule has 0 fully saturated rings. The van der Waals surface area contributed by atoms with Gasteiger partial charge in [-0.15, -0.1) is 0 Å². The van der Waals surface area contributed by atoms with E-state index in [1.165, 1.54) is 0 Å². The molecule has 0 saturated carbocycles. The lowest BCUT2D eigenvalue weighted by molar-refractivity contribution is 0.159. The van der Waals surface area contributed by atoms with Crippen molar-refractivity contribution >= 4 is 8.56 Å². The summed E-state index contributed by atoms with van der Waals surface area (Å²) in [7, 11) is -2.07. The van der Waals surface area contributed by atoms with Gasteiger partial charge in [0.2, 0.25) is 0 Å². The highest BCUT2D eigenvalue weighted by molar-refractivity contribution is 6.67. The highest BCUT2D eigenvalue weighted by Crippen LogP contribution is 2.37. The van der Waals surface area contributed by atoms with E-state index in [4.69, 9.17) is 8.85 Å². The fraction of sp³-hybridized carbons (Fsp3) is 1.00. The fourth-order valence-electron chi connectivity index (χ4n) is 2.45. The average molecular weight is 260 g/mol. The van der Waals surface area contributed by atoms with E-state index in [0.29, 0.717) is 0 Å². The Bertz CT molecular complexity index is 189. The smallest absolute Gasteiger partial charge is 0.339 e. The Labute approximate surface area is 109 Å². The Morgan fingerprint density at radius 1 is 0.706 bits per heavy atom. The maximum absolute atomic E-state index is 6.14. The average Bonchev–Trinajstić information content (AvgIpc) is 1.96. The van der Waals surface area contributed by atoms with Crippen LogP contribution in [0.2, 0.25) is 12.1 Å². The molecule has 0 radical (unpaired) electrons. The van der Waals surface area contributed by atoms with Crippen molar-refractivity contribution in [3.63, 3.8) is 0 Å². The van der Waals surface area contributed by atoms with Gasteiger partial charge in [-0.2, -0.15) is 0 Å². The van der Waals surface area contributed by atoms with Crippen LogP contribution in [-0.2, 0) is 8.85 Å². The first-order valence-corrected chi connectivity index (χ1v) is 9.04. The first kappa shape index (κ1) is 17.1. The van der Waals surface area contributed by atoms with Gasteiger partial charge in [-0.05, 0) is 36.8 Å². The summed E-state index contributed by atoms with van der Waals surface area (Å²) < 4.78 is 12.3. The third kappa shape index (κ3) is 7.95. The summed E-state index contributed by atoms with van der Waals surface area (Å²) >= 11 is 0. The summed E-state index contributed by atoms with van der Waals surface area (Å²) in [5.41, 5.74) is 0.531. The van der Waals surface area contributed by atoms with Crippen molar-refractivity contribution in [2.45, 2.75) is 67.5 Å². The van der Waals surface area contributed by atoms with Gasteiger partial charge in [-0.1, -0.05) is 41.5 Å². The first-order chi connectivity index (χ1) is 7.54.